The standard InChI is InChI=1S/C15H17N3O6/c1-24-14(19)15-6-2-3-10(15)8-16(9-15)12-5-4-11(17(20)21)7-13(12)18(22)23/h4-5,7,10H,2-3,6,8-9H2,1H3. The van der Waals surface area contributed by atoms with E-state index in [9.17, 15) is 25.0 Å². The lowest BCUT2D eigenvalue weighted by molar-refractivity contribution is -0.393. The highest BCUT2D eigenvalue weighted by Crippen LogP contribution is 2.51. The van der Waals surface area contributed by atoms with E-state index in [2.05, 4.69) is 0 Å². The summed E-state index contributed by atoms with van der Waals surface area (Å²) in [6, 6.07) is 3.61. The number of carbonyl (C=O) groups is 1. The Balaban J connectivity index is 1.98. The normalized spacial score (nSPS) is 25.4. The summed E-state index contributed by atoms with van der Waals surface area (Å²) in [5.41, 5.74) is -0.968. The summed E-state index contributed by atoms with van der Waals surface area (Å²) in [6.45, 7) is 0.844. The second-order valence-corrected chi connectivity index (χ2v) is 6.30. The molecule has 2 atom stereocenters. The summed E-state index contributed by atoms with van der Waals surface area (Å²) >= 11 is 0. The maximum atomic E-state index is 12.3. The first-order valence-corrected chi connectivity index (χ1v) is 7.65. The van der Waals surface area contributed by atoms with Crippen LogP contribution in [-0.2, 0) is 9.53 Å². The minimum atomic E-state index is -0.661. The van der Waals surface area contributed by atoms with Crippen LogP contribution < -0.4 is 4.90 Å². The number of nitro benzene ring substituents is 2. The molecular formula is C15H17N3O6. The first-order valence-electron chi connectivity index (χ1n) is 7.65. The minimum absolute atomic E-state index is 0.0831. The van der Waals surface area contributed by atoms with E-state index in [1.807, 2.05) is 0 Å². The Labute approximate surface area is 137 Å². The highest BCUT2D eigenvalue weighted by atomic mass is 16.6. The number of anilines is 1. The molecule has 128 valence electrons. The van der Waals surface area contributed by atoms with Crippen LogP contribution in [0.5, 0.6) is 0 Å². The topological polar surface area (TPSA) is 116 Å². The number of esters is 1. The SMILES string of the molecule is COC(=O)C12CCCC1CN(c1ccc([N+](=O)[O-])cc1[N+](=O)[O-])C2. The molecule has 9 heteroatoms. The van der Waals surface area contributed by atoms with E-state index >= 15 is 0 Å². The van der Waals surface area contributed by atoms with Gasteiger partial charge in [-0.25, -0.2) is 0 Å². The van der Waals surface area contributed by atoms with E-state index in [0.29, 0.717) is 25.2 Å². The Morgan fingerprint density at radius 1 is 1.33 bits per heavy atom. The lowest BCUT2D eigenvalue weighted by Gasteiger charge is -2.25. The Morgan fingerprint density at radius 2 is 2.08 bits per heavy atom. The molecule has 0 radical (unpaired) electrons. The average molecular weight is 335 g/mol. The largest absolute Gasteiger partial charge is 0.469 e. The molecule has 2 fully saturated rings. The number of nitro groups is 2. The Hall–Kier alpha value is -2.71. The summed E-state index contributed by atoms with van der Waals surface area (Å²) in [7, 11) is 1.35. The van der Waals surface area contributed by atoms with E-state index in [1.165, 1.54) is 19.2 Å². The molecule has 0 spiro atoms. The third kappa shape index (κ3) is 2.36. The smallest absolute Gasteiger partial charge is 0.313 e. The third-order valence-corrected chi connectivity index (χ3v) is 5.17. The molecule has 1 aromatic rings. The number of ether oxygens (including phenoxy) is 1. The zero-order valence-electron chi connectivity index (χ0n) is 13.1. The second kappa shape index (κ2) is 5.73. The molecule has 3 rings (SSSR count). The lowest BCUT2D eigenvalue weighted by Crippen LogP contribution is -2.37. The van der Waals surface area contributed by atoms with Gasteiger partial charge in [-0.2, -0.15) is 0 Å². The van der Waals surface area contributed by atoms with E-state index in [1.54, 1.807) is 4.90 Å². The molecule has 1 saturated heterocycles. The highest BCUT2D eigenvalue weighted by Gasteiger charge is 2.56. The minimum Gasteiger partial charge on any atom is -0.469 e. The maximum absolute atomic E-state index is 12.3. The van der Waals surface area contributed by atoms with Gasteiger partial charge in [0.15, 0.2) is 0 Å². The second-order valence-electron chi connectivity index (χ2n) is 6.30. The van der Waals surface area contributed by atoms with Gasteiger partial charge < -0.3 is 9.64 Å². The lowest BCUT2D eigenvalue weighted by atomic mass is 9.81. The molecule has 0 amide bonds. The fourth-order valence-corrected chi connectivity index (χ4v) is 4.05. The Kier molecular flexibility index (Phi) is 3.86. The van der Waals surface area contributed by atoms with Crippen molar-refractivity contribution in [3.05, 3.63) is 38.4 Å². The fourth-order valence-electron chi connectivity index (χ4n) is 4.05. The maximum Gasteiger partial charge on any atom is 0.313 e. The van der Waals surface area contributed by atoms with Gasteiger partial charge in [0.2, 0.25) is 0 Å². The van der Waals surface area contributed by atoms with Gasteiger partial charge in [-0.05, 0) is 24.8 Å². The van der Waals surface area contributed by atoms with Crippen LogP contribution in [0, 0.1) is 31.6 Å². The first kappa shape index (κ1) is 16.2. The summed E-state index contributed by atoms with van der Waals surface area (Å²) in [5.74, 6) is -0.197. The molecule has 0 bridgehead atoms. The summed E-state index contributed by atoms with van der Waals surface area (Å²) in [4.78, 5) is 35.0. The molecule has 24 heavy (non-hydrogen) atoms. The van der Waals surface area contributed by atoms with E-state index in [0.717, 1.165) is 18.9 Å². The predicted molar refractivity (Wildman–Crippen MR) is 83.8 cm³/mol. The number of methoxy groups -OCH3 is 1. The molecule has 2 unspecified atom stereocenters. The molecule has 1 aromatic carbocycles. The zero-order chi connectivity index (χ0) is 17.5. The molecule has 1 aliphatic carbocycles. The van der Waals surface area contributed by atoms with Crippen molar-refractivity contribution in [1.82, 2.24) is 0 Å². The third-order valence-electron chi connectivity index (χ3n) is 5.17. The van der Waals surface area contributed by atoms with Crippen LogP contribution in [0.1, 0.15) is 19.3 Å². The number of hydrogen-bond donors (Lipinski definition) is 0. The highest BCUT2D eigenvalue weighted by molar-refractivity contribution is 5.80. The van der Waals surface area contributed by atoms with Gasteiger partial charge in [-0.15, -0.1) is 0 Å². The Bertz CT molecular complexity index is 721. The number of non-ortho nitro benzene ring substituents is 1. The zero-order valence-corrected chi connectivity index (χ0v) is 13.1. The summed E-state index contributed by atoms with van der Waals surface area (Å²) in [5, 5.41) is 22.2. The number of nitrogens with zero attached hydrogens (tertiary/aromatic N) is 3. The van der Waals surface area contributed by atoms with E-state index in [4.69, 9.17) is 4.74 Å². The molecular weight excluding hydrogens is 318 g/mol. The van der Waals surface area contributed by atoms with Crippen molar-refractivity contribution >= 4 is 23.0 Å². The molecule has 1 aliphatic heterocycles. The number of hydrogen-bond acceptors (Lipinski definition) is 7. The van der Waals surface area contributed by atoms with Crippen molar-refractivity contribution in [1.29, 1.82) is 0 Å². The van der Waals surface area contributed by atoms with Crippen LogP contribution in [-0.4, -0.2) is 36.0 Å². The predicted octanol–water partition coefficient (Wildman–Crippen LogP) is 2.28. The fraction of sp³-hybridized carbons (Fsp3) is 0.533. The van der Waals surface area contributed by atoms with Crippen molar-refractivity contribution in [2.45, 2.75) is 19.3 Å². The van der Waals surface area contributed by atoms with Crippen LogP contribution in [0.2, 0.25) is 0 Å². The summed E-state index contributed by atoms with van der Waals surface area (Å²) in [6.07, 6.45) is 2.49. The number of fused-ring (bicyclic) bond motifs is 1. The monoisotopic (exact) mass is 335 g/mol. The number of carbonyl (C=O) groups excluding carboxylic acids is 1. The Morgan fingerprint density at radius 3 is 2.71 bits per heavy atom. The summed E-state index contributed by atoms with van der Waals surface area (Å²) < 4.78 is 4.96. The van der Waals surface area contributed by atoms with Crippen molar-refractivity contribution in [3.63, 3.8) is 0 Å². The van der Waals surface area contributed by atoms with Gasteiger partial charge in [0.05, 0.1) is 28.4 Å². The quantitative estimate of drug-likeness (QED) is 0.471. The van der Waals surface area contributed by atoms with Gasteiger partial charge in [0.25, 0.3) is 11.4 Å². The molecule has 0 aromatic heterocycles. The van der Waals surface area contributed by atoms with Crippen LogP contribution in [0.4, 0.5) is 17.1 Å². The van der Waals surface area contributed by atoms with Crippen molar-refractivity contribution in [2.24, 2.45) is 11.3 Å². The van der Waals surface area contributed by atoms with Crippen molar-refractivity contribution in [2.75, 3.05) is 25.1 Å². The molecule has 1 saturated carbocycles. The van der Waals surface area contributed by atoms with Crippen LogP contribution in [0.25, 0.3) is 0 Å². The molecule has 2 aliphatic rings. The average Bonchev–Trinajstić information content (AvgIpc) is 3.11. The van der Waals surface area contributed by atoms with Crippen LogP contribution in [0.15, 0.2) is 18.2 Å². The van der Waals surface area contributed by atoms with Crippen LogP contribution >= 0.6 is 0 Å². The van der Waals surface area contributed by atoms with Gasteiger partial charge in [0, 0.05) is 19.2 Å². The van der Waals surface area contributed by atoms with Gasteiger partial charge in [0.1, 0.15) is 5.69 Å². The van der Waals surface area contributed by atoms with E-state index in [-0.39, 0.29) is 23.3 Å². The first-order chi connectivity index (χ1) is 11.4. The molecule has 1 heterocycles. The molecule has 9 nitrogen and oxygen atoms in total. The molecule has 0 N–H and O–H groups in total. The van der Waals surface area contributed by atoms with Gasteiger partial charge in [-0.1, -0.05) is 6.42 Å². The van der Waals surface area contributed by atoms with Gasteiger partial charge >= 0.3 is 5.97 Å². The van der Waals surface area contributed by atoms with E-state index < -0.39 is 15.3 Å². The van der Waals surface area contributed by atoms with Gasteiger partial charge in [-0.3, -0.25) is 25.0 Å². The van der Waals surface area contributed by atoms with Crippen molar-refractivity contribution in [3.8, 4) is 0 Å². The van der Waals surface area contributed by atoms with Crippen molar-refractivity contribution < 1.29 is 19.4 Å². The number of rotatable bonds is 4. The number of benzene rings is 1. The van der Waals surface area contributed by atoms with Crippen LogP contribution in [0.3, 0.4) is 0 Å².